The molecule has 0 saturated carbocycles. The van der Waals surface area contributed by atoms with Crippen molar-refractivity contribution in [2.24, 2.45) is 0 Å². The van der Waals surface area contributed by atoms with Crippen LogP contribution in [0.4, 0.5) is 5.95 Å². The third-order valence-corrected chi connectivity index (χ3v) is 5.41. The molecule has 2 aromatic carbocycles. The first-order valence-electron chi connectivity index (χ1n) is 10.5. The van der Waals surface area contributed by atoms with E-state index in [2.05, 4.69) is 37.7 Å². The average molecular weight is 439 g/mol. The minimum Gasteiger partial charge on any atom is -0.464 e. The van der Waals surface area contributed by atoms with Gasteiger partial charge in [0.05, 0.1) is 18.5 Å². The van der Waals surface area contributed by atoms with Crippen LogP contribution in [0.5, 0.6) is 0 Å². The van der Waals surface area contributed by atoms with Crippen LogP contribution in [0.3, 0.4) is 0 Å². The number of benzene rings is 2. The molecule has 3 N–H and O–H groups in total. The van der Waals surface area contributed by atoms with Gasteiger partial charge in [-0.25, -0.2) is 10.1 Å². The Morgan fingerprint density at radius 3 is 2.55 bits per heavy atom. The van der Waals surface area contributed by atoms with Crippen LogP contribution >= 0.6 is 0 Å². The van der Waals surface area contributed by atoms with Crippen LogP contribution in [0.1, 0.15) is 16.8 Å². The highest BCUT2D eigenvalue weighted by Crippen LogP contribution is 2.21. The second-order valence-corrected chi connectivity index (χ2v) is 7.65. The second-order valence-electron chi connectivity index (χ2n) is 7.65. The van der Waals surface area contributed by atoms with Crippen LogP contribution in [-0.2, 0) is 19.4 Å². The highest BCUT2D eigenvalue weighted by atomic mass is 16.3. The van der Waals surface area contributed by atoms with E-state index in [0.29, 0.717) is 24.5 Å². The maximum atomic E-state index is 12.7. The summed E-state index contributed by atoms with van der Waals surface area (Å²) in [6, 6.07) is 21.1. The van der Waals surface area contributed by atoms with Crippen molar-refractivity contribution in [2.45, 2.75) is 19.4 Å². The van der Waals surface area contributed by atoms with E-state index >= 15 is 0 Å². The zero-order valence-electron chi connectivity index (χ0n) is 17.7. The molecule has 0 unspecified atom stereocenters. The van der Waals surface area contributed by atoms with Crippen molar-refractivity contribution >= 4 is 5.95 Å². The summed E-state index contributed by atoms with van der Waals surface area (Å²) in [4.78, 5) is 17.2. The number of nitrogens with one attached hydrogen (secondary N) is 1. The number of nitrogens with zero attached hydrogens (tertiary/aromatic N) is 5. The molecular formula is C24H21N7O2. The average Bonchev–Trinajstić information content (AvgIpc) is 3.56. The summed E-state index contributed by atoms with van der Waals surface area (Å²) < 4.78 is 6.94. The lowest BCUT2D eigenvalue weighted by molar-refractivity contribution is 0.582. The standard InChI is InChI=1S/C24H21N7O2/c25-24-26-20(11-8-16-3-1-4-19(13-16)21-5-2-12-33-21)14-22(32)31(24)15-17-6-9-18(10-7-17)23-27-29-30-28-23/h1-7,9-10,12-14H,8,11,15H2,(H2,25,26)(H,27,28,29,30). The first kappa shape index (κ1) is 20.4. The normalized spacial score (nSPS) is 11.0. The number of H-pyrrole nitrogens is 1. The van der Waals surface area contributed by atoms with Crippen molar-refractivity contribution in [1.29, 1.82) is 0 Å². The van der Waals surface area contributed by atoms with E-state index in [-0.39, 0.29) is 11.5 Å². The molecule has 5 aromatic rings. The fraction of sp³-hybridized carbons (Fsp3) is 0.125. The quantitative estimate of drug-likeness (QED) is 0.399. The summed E-state index contributed by atoms with van der Waals surface area (Å²) in [6.45, 7) is 0.331. The summed E-state index contributed by atoms with van der Waals surface area (Å²) in [5, 5.41) is 13.8. The Balaban J connectivity index is 1.28. The Morgan fingerprint density at radius 2 is 1.82 bits per heavy atom. The Kier molecular flexibility index (Phi) is 5.50. The van der Waals surface area contributed by atoms with Crippen LogP contribution in [-0.4, -0.2) is 30.2 Å². The Hall–Kier alpha value is -4.53. The highest BCUT2D eigenvalue weighted by Gasteiger charge is 2.09. The molecule has 0 saturated heterocycles. The second kappa shape index (κ2) is 8.91. The van der Waals surface area contributed by atoms with E-state index in [0.717, 1.165) is 34.4 Å². The van der Waals surface area contributed by atoms with E-state index in [1.54, 1.807) is 12.3 Å². The number of rotatable bonds is 7. The highest BCUT2D eigenvalue weighted by molar-refractivity contribution is 5.58. The van der Waals surface area contributed by atoms with E-state index in [4.69, 9.17) is 10.2 Å². The van der Waals surface area contributed by atoms with Gasteiger partial charge in [-0.1, -0.05) is 42.5 Å². The number of hydrogen-bond acceptors (Lipinski definition) is 7. The number of tetrazole rings is 1. The van der Waals surface area contributed by atoms with E-state index < -0.39 is 0 Å². The van der Waals surface area contributed by atoms with Crippen molar-refractivity contribution in [1.82, 2.24) is 30.2 Å². The Morgan fingerprint density at radius 1 is 0.939 bits per heavy atom. The molecule has 0 aliphatic carbocycles. The summed E-state index contributed by atoms with van der Waals surface area (Å²) in [7, 11) is 0. The molecular weight excluding hydrogens is 418 g/mol. The molecule has 0 spiro atoms. The Bertz CT molecular complexity index is 1410. The van der Waals surface area contributed by atoms with Crippen LogP contribution in [0.15, 0.2) is 82.2 Å². The number of nitrogens with two attached hydrogens (primary N) is 1. The third kappa shape index (κ3) is 4.57. The number of hydrogen-bond donors (Lipinski definition) is 2. The van der Waals surface area contributed by atoms with Crippen molar-refractivity contribution in [3.63, 3.8) is 0 Å². The monoisotopic (exact) mass is 439 g/mol. The van der Waals surface area contributed by atoms with Crippen molar-refractivity contribution < 1.29 is 4.42 Å². The maximum absolute atomic E-state index is 12.7. The van der Waals surface area contributed by atoms with Gasteiger partial charge in [-0.3, -0.25) is 9.36 Å². The molecule has 0 radical (unpaired) electrons. The van der Waals surface area contributed by atoms with Crippen LogP contribution in [0.2, 0.25) is 0 Å². The molecule has 3 heterocycles. The largest absolute Gasteiger partial charge is 0.464 e. The van der Waals surface area contributed by atoms with E-state index in [9.17, 15) is 4.79 Å². The molecule has 0 aliphatic rings. The molecule has 9 heteroatoms. The summed E-state index contributed by atoms with van der Waals surface area (Å²) in [5.74, 6) is 1.61. The fourth-order valence-corrected chi connectivity index (χ4v) is 3.69. The van der Waals surface area contributed by atoms with Gasteiger partial charge >= 0.3 is 0 Å². The number of furan rings is 1. The number of aromatic amines is 1. The molecule has 0 atom stereocenters. The van der Waals surface area contributed by atoms with E-state index in [1.165, 1.54) is 4.57 Å². The van der Waals surface area contributed by atoms with Gasteiger partial charge in [0, 0.05) is 17.2 Å². The molecule has 3 aromatic heterocycles. The SMILES string of the molecule is Nc1nc(CCc2cccc(-c3ccco3)c2)cc(=O)n1Cc1ccc(-c2nnn[nH]2)cc1. The van der Waals surface area contributed by atoms with Crippen molar-refractivity contribution in [2.75, 3.05) is 5.73 Å². The smallest absolute Gasteiger partial charge is 0.255 e. The predicted octanol–water partition coefficient (Wildman–Crippen LogP) is 3.10. The molecule has 0 bridgehead atoms. The molecule has 33 heavy (non-hydrogen) atoms. The van der Waals surface area contributed by atoms with Crippen molar-refractivity contribution in [3.05, 3.63) is 100 Å². The molecule has 0 aliphatic heterocycles. The Labute approximate surface area is 188 Å². The van der Waals surface area contributed by atoms with Crippen LogP contribution < -0.4 is 11.3 Å². The van der Waals surface area contributed by atoms with Crippen LogP contribution in [0, 0.1) is 0 Å². The summed E-state index contributed by atoms with van der Waals surface area (Å²) in [5.41, 5.74) is 10.6. The number of nitrogen functional groups attached to an aromatic ring is 1. The fourth-order valence-electron chi connectivity index (χ4n) is 3.69. The van der Waals surface area contributed by atoms with Crippen molar-refractivity contribution in [3.8, 4) is 22.7 Å². The topological polar surface area (TPSA) is 129 Å². The molecule has 0 fully saturated rings. The van der Waals surface area contributed by atoms with Gasteiger partial charge in [-0.05, 0) is 52.6 Å². The van der Waals surface area contributed by atoms with Gasteiger partial charge in [0.15, 0.2) is 5.82 Å². The minimum atomic E-state index is -0.176. The maximum Gasteiger partial charge on any atom is 0.255 e. The van der Waals surface area contributed by atoms with Gasteiger partial charge < -0.3 is 10.2 Å². The zero-order valence-corrected chi connectivity index (χ0v) is 17.7. The molecule has 0 amide bonds. The van der Waals surface area contributed by atoms with Gasteiger partial charge in [0.1, 0.15) is 5.76 Å². The number of aryl methyl sites for hydroxylation is 2. The van der Waals surface area contributed by atoms with Gasteiger partial charge in [0.25, 0.3) is 5.56 Å². The zero-order chi connectivity index (χ0) is 22.6. The number of aromatic nitrogens is 6. The molecule has 164 valence electrons. The summed E-state index contributed by atoms with van der Waals surface area (Å²) in [6.07, 6.45) is 3.01. The first-order chi connectivity index (χ1) is 16.2. The minimum absolute atomic E-state index is 0.176. The van der Waals surface area contributed by atoms with E-state index in [1.807, 2.05) is 48.5 Å². The van der Waals surface area contributed by atoms with Gasteiger partial charge in [-0.2, -0.15) is 0 Å². The summed E-state index contributed by atoms with van der Waals surface area (Å²) >= 11 is 0. The lowest BCUT2D eigenvalue weighted by atomic mass is 10.0. The molecule has 5 rings (SSSR count). The van der Waals surface area contributed by atoms with Gasteiger partial charge in [-0.15, -0.1) is 5.10 Å². The lowest BCUT2D eigenvalue weighted by Gasteiger charge is -2.11. The molecule has 9 nitrogen and oxygen atoms in total. The van der Waals surface area contributed by atoms with Gasteiger partial charge in [0.2, 0.25) is 5.95 Å². The lowest BCUT2D eigenvalue weighted by Crippen LogP contribution is -2.25. The first-order valence-corrected chi connectivity index (χ1v) is 10.5. The third-order valence-electron chi connectivity index (χ3n) is 5.41. The predicted molar refractivity (Wildman–Crippen MR) is 123 cm³/mol. The van der Waals surface area contributed by atoms with Crippen LogP contribution in [0.25, 0.3) is 22.7 Å². The number of anilines is 1.